The monoisotopic (exact) mass is 357 g/mol. The molecule has 0 unspecified atom stereocenters. The molecule has 2 aromatic rings. The highest BCUT2D eigenvalue weighted by atomic mass is 32.1. The molecule has 0 fully saturated rings. The fourth-order valence-corrected chi connectivity index (χ4v) is 3.85. The Morgan fingerprint density at radius 3 is 2.84 bits per heavy atom. The lowest BCUT2D eigenvalue weighted by atomic mass is 10.1. The van der Waals surface area contributed by atoms with Gasteiger partial charge in [0.15, 0.2) is 5.13 Å². The summed E-state index contributed by atoms with van der Waals surface area (Å²) in [4.78, 5) is 31.3. The second-order valence-corrected chi connectivity index (χ2v) is 7.69. The normalized spacial score (nSPS) is 14.3. The van der Waals surface area contributed by atoms with E-state index in [1.54, 1.807) is 6.92 Å². The van der Waals surface area contributed by atoms with Crippen LogP contribution in [0.2, 0.25) is 0 Å². The number of fused-ring (bicyclic) bond motifs is 1. The minimum Gasteiger partial charge on any atom is -0.312 e. The van der Waals surface area contributed by atoms with E-state index in [9.17, 15) is 9.59 Å². The number of benzene rings is 1. The van der Waals surface area contributed by atoms with Crippen LogP contribution in [-0.4, -0.2) is 23.3 Å². The Morgan fingerprint density at radius 2 is 2.16 bits per heavy atom. The molecule has 6 heteroatoms. The average molecular weight is 357 g/mol. The molecule has 5 nitrogen and oxygen atoms in total. The SMILES string of the molecule is CC[C@@H](C)C(=O)Nc1nc(-c2ccc3c(c2)CCN3C(C)=O)c(C)s1. The van der Waals surface area contributed by atoms with Crippen LogP contribution in [0.15, 0.2) is 18.2 Å². The summed E-state index contributed by atoms with van der Waals surface area (Å²) in [5.41, 5.74) is 4.09. The van der Waals surface area contributed by atoms with E-state index in [-0.39, 0.29) is 17.7 Å². The minimum absolute atomic E-state index is 0.00820. The van der Waals surface area contributed by atoms with Crippen LogP contribution in [0.25, 0.3) is 11.3 Å². The number of nitrogens with zero attached hydrogens (tertiary/aromatic N) is 2. The minimum atomic E-state index is -0.0229. The number of carbonyl (C=O) groups excluding carboxylic acids is 2. The molecule has 2 amide bonds. The van der Waals surface area contributed by atoms with E-state index in [2.05, 4.69) is 16.4 Å². The van der Waals surface area contributed by atoms with Gasteiger partial charge in [-0.05, 0) is 37.5 Å². The topological polar surface area (TPSA) is 62.3 Å². The highest BCUT2D eigenvalue weighted by Crippen LogP contribution is 2.35. The first kappa shape index (κ1) is 17.6. The fourth-order valence-electron chi connectivity index (χ4n) is 3.01. The molecular formula is C19H23N3O2S. The quantitative estimate of drug-likeness (QED) is 0.899. The van der Waals surface area contributed by atoms with E-state index in [0.29, 0.717) is 5.13 Å². The number of anilines is 2. The van der Waals surface area contributed by atoms with E-state index in [0.717, 1.165) is 41.2 Å². The Kier molecular flexibility index (Phi) is 4.90. The van der Waals surface area contributed by atoms with Crippen LogP contribution in [0.1, 0.15) is 37.6 Å². The van der Waals surface area contributed by atoms with Crippen molar-refractivity contribution in [1.29, 1.82) is 0 Å². The van der Waals surface area contributed by atoms with Crippen LogP contribution in [0, 0.1) is 12.8 Å². The molecule has 0 saturated heterocycles. The van der Waals surface area contributed by atoms with Crippen LogP contribution >= 0.6 is 11.3 Å². The first-order chi connectivity index (χ1) is 11.9. The average Bonchev–Trinajstić information content (AvgIpc) is 3.16. The van der Waals surface area contributed by atoms with Crippen molar-refractivity contribution in [3.63, 3.8) is 0 Å². The van der Waals surface area contributed by atoms with Crippen molar-refractivity contribution in [2.45, 2.75) is 40.5 Å². The van der Waals surface area contributed by atoms with E-state index < -0.39 is 0 Å². The predicted octanol–water partition coefficient (Wildman–Crippen LogP) is 4.01. The first-order valence-electron chi connectivity index (χ1n) is 8.60. The molecule has 1 aliphatic rings. The van der Waals surface area contributed by atoms with Crippen LogP contribution in [0.3, 0.4) is 0 Å². The molecule has 1 aliphatic heterocycles. The highest BCUT2D eigenvalue weighted by Gasteiger charge is 2.23. The molecule has 2 heterocycles. The number of nitrogens with one attached hydrogen (secondary N) is 1. The second kappa shape index (κ2) is 6.96. The van der Waals surface area contributed by atoms with Crippen LogP contribution < -0.4 is 10.2 Å². The number of carbonyl (C=O) groups is 2. The molecule has 3 rings (SSSR count). The molecule has 0 saturated carbocycles. The Hall–Kier alpha value is -2.21. The van der Waals surface area contributed by atoms with Gasteiger partial charge in [-0.15, -0.1) is 11.3 Å². The number of hydrogen-bond donors (Lipinski definition) is 1. The number of aryl methyl sites for hydroxylation is 1. The molecule has 1 N–H and O–H groups in total. The summed E-state index contributed by atoms with van der Waals surface area (Å²) in [5.74, 6) is 0.0606. The second-order valence-electron chi connectivity index (χ2n) is 6.49. The van der Waals surface area contributed by atoms with Gasteiger partial charge in [0.1, 0.15) is 0 Å². The number of amides is 2. The molecule has 0 aliphatic carbocycles. The van der Waals surface area contributed by atoms with E-state index in [4.69, 9.17) is 0 Å². The largest absolute Gasteiger partial charge is 0.312 e. The molecule has 25 heavy (non-hydrogen) atoms. The van der Waals surface area contributed by atoms with Gasteiger partial charge in [-0.25, -0.2) is 4.98 Å². The van der Waals surface area contributed by atoms with Gasteiger partial charge in [0.25, 0.3) is 0 Å². The van der Waals surface area contributed by atoms with Crippen molar-refractivity contribution >= 4 is 34.0 Å². The number of rotatable bonds is 4. The molecule has 1 aromatic carbocycles. The highest BCUT2D eigenvalue weighted by molar-refractivity contribution is 7.16. The van der Waals surface area contributed by atoms with Gasteiger partial charge in [0, 0.05) is 35.5 Å². The summed E-state index contributed by atoms with van der Waals surface area (Å²) in [5, 5.41) is 3.56. The third-order valence-corrected chi connectivity index (χ3v) is 5.60. The molecule has 0 bridgehead atoms. The van der Waals surface area contributed by atoms with Gasteiger partial charge < -0.3 is 10.2 Å². The summed E-state index contributed by atoms with van der Waals surface area (Å²) in [7, 11) is 0. The molecule has 1 atom stereocenters. The van der Waals surface area contributed by atoms with Gasteiger partial charge >= 0.3 is 0 Å². The van der Waals surface area contributed by atoms with Gasteiger partial charge in [0.05, 0.1) is 5.69 Å². The van der Waals surface area contributed by atoms with E-state index >= 15 is 0 Å². The standard InChI is InChI=1S/C19H23N3O2S/c1-5-11(2)18(24)21-19-20-17(12(3)25-19)15-6-7-16-14(10-15)8-9-22(16)13(4)23/h6-7,10-11H,5,8-9H2,1-4H3,(H,20,21,24)/t11-/m1/s1. The molecule has 0 spiro atoms. The zero-order valence-corrected chi connectivity index (χ0v) is 15.9. The lowest BCUT2D eigenvalue weighted by Gasteiger charge is -2.14. The summed E-state index contributed by atoms with van der Waals surface area (Å²) < 4.78 is 0. The van der Waals surface area contributed by atoms with Crippen molar-refractivity contribution in [2.75, 3.05) is 16.8 Å². The van der Waals surface area contributed by atoms with Crippen molar-refractivity contribution in [3.8, 4) is 11.3 Å². The molecule has 0 radical (unpaired) electrons. The zero-order chi connectivity index (χ0) is 18.1. The summed E-state index contributed by atoms with van der Waals surface area (Å²) >= 11 is 1.50. The Morgan fingerprint density at radius 1 is 1.40 bits per heavy atom. The fraction of sp³-hybridized carbons (Fsp3) is 0.421. The van der Waals surface area contributed by atoms with Crippen molar-refractivity contribution < 1.29 is 9.59 Å². The van der Waals surface area contributed by atoms with Crippen LogP contribution in [0.4, 0.5) is 10.8 Å². The van der Waals surface area contributed by atoms with Gasteiger partial charge in [0.2, 0.25) is 11.8 Å². The van der Waals surface area contributed by atoms with Gasteiger partial charge in [-0.1, -0.05) is 19.9 Å². The van der Waals surface area contributed by atoms with E-state index in [1.807, 2.05) is 37.8 Å². The van der Waals surface area contributed by atoms with Crippen molar-refractivity contribution in [1.82, 2.24) is 4.98 Å². The number of aromatic nitrogens is 1. The van der Waals surface area contributed by atoms with Crippen molar-refractivity contribution in [3.05, 3.63) is 28.6 Å². The Balaban J connectivity index is 1.86. The van der Waals surface area contributed by atoms with Crippen LogP contribution in [-0.2, 0) is 16.0 Å². The molecule has 1 aromatic heterocycles. The lowest BCUT2D eigenvalue weighted by Crippen LogP contribution is -2.25. The zero-order valence-electron chi connectivity index (χ0n) is 15.0. The lowest BCUT2D eigenvalue weighted by molar-refractivity contribution is -0.119. The van der Waals surface area contributed by atoms with Crippen molar-refractivity contribution in [2.24, 2.45) is 5.92 Å². The maximum Gasteiger partial charge on any atom is 0.228 e. The maximum absolute atomic E-state index is 12.1. The van der Waals surface area contributed by atoms with E-state index in [1.165, 1.54) is 16.9 Å². The summed E-state index contributed by atoms with van der Waals surface area (Å²) in [6.07, 6.45) is 1.67. The molecular weight excluding hydrogens is 334 g/mol. The first-order valence-corrected chi connectivity index (χ1v) is 9.42. The predicted molar refractivity (Wildman–Crippen MR) is 102 cm³/mol. The number of hydrogen-bond acceptors (Lipinski definition) is 4. The smallest absolute Gasteiger partial charge is 0.228 e. The van der Waals surface area contributed by atoms with Gasteiger partial charge in [-0.2, -0.15) is 0 Å². The Bertz CT molecular complexity index is 828. The third-order valence-electron chi connectivity index (χ3n) is 4.72. The summed E-state index contributed by atoms with van der Waals surface area (Å²) in [6, 6.07) is 6.11. The summed E-state index contributed by atoms with van der Waals surface area (Å²) in [6.45, 7) is 8.26. The van der Waals surface area contributed by atoms with Crippen LogP contribution in [0.5, 0.6) is 0 Å². The number of thiazole rings is 1. The Labute approximate surface area is 152 Å². The maximum atomic E-state index is 12.1. The molecule has 132 valence electrons. The third kappa shape index (κ3) is 3.44. The van der Waals surface area contributed by atoms with Gasteiger partial charge in [-0.3, -0.25) is 9.59 Å².